The molecule has 0 bridgehead atoms. The number of thioether (sulfide) groups is 1. The number of ketones is 1. The van der Waals surface area contributed by atoms with Crippen molar-refractivity contribution in [1.82, 2.24) is 10.2 Å². The van der Waals surface area contributed by atoms with Crippen LogP contribution in [0.2, 0.25) is 0 Å². The van der Waals surface area contributed by atoms with E-state index >= 15 is 0 Å². The average Bonchev–Trinajstić information content (AvgIpc) is 3.46. The SMILES string of the molecule is COc1ccc(-c2nnc(SCC(=O)c3ccc4c(c3)-c3ccccc3C4)o2)cc1OC. The number of rotatable bonds is 7. The summed E-state index contributed by atoms with van der Waals surface area (Å²) in [5, 5.41) is 8.50. The van der Waals surface area contributed by atoms with Crippen LogP contribution in [0.15, 0.2) is 70.3 Å². The lowest BCUT2D eigenvalue weighted by Gasteiger charge is -2.07. The first-order valence-electron chi connectivity index (χ1n) is 10.1. The van der Waals surface area contributed by atoms with Gasteiger partial charge in [0.15, 0.2) is 17.3 Å². The highest BCUT2D eigenvalue weighted by atomic mass is 32.2. The van der Waals surface area contributed by atoms with E-state index in [1.807, 2.05) is 30.3 Å². The molecule has 0 unspecified atom stereocenters. The molecule has 1 aliphatic rings. The maximum Gasteiger partial charge on any atom is 0.277 e. The van der Waals surface area contributed by atoms with Crippen molar-refractivity contribution < 1.29 is 18.7 Å². The largest absolute Gasteiger partial charge is 0.493 e. The van der Waals surface area contributed by atoms with E-state index in [0.717, 1.165) is 12.0 Å². The normalized spacial score (nSPS) is 11.7. The molecule has 160 valence electrons. The Balaban J connectivity index is 1.29. The lowest BCUT2D eigenvalue weighted by atomic mass is 10.0. The van der Waals surface area contributed by atoms with Gasteiger partial charge in [0.05, 0.1) is 20.0 Å². The summed E-state index contributed by atoms with van der Waals surface area (Å²) in [7, 11) is 3.15. The van der Waals surface area contributed by atoms with Crippen LogP contribution in [0.5, 0.6) is 11.5 Å². The van der Waals surface area contributed by atoms with Gasteiger partial charge in [-0.25, -0.2) is 0 Å². The third-order valence-electron chi connectivity index (χ3n) is 5.48. The zero-order valence-corrected chi connectivity index (χ0v) is 18.4. The number of carbonyl (C=O) groups is 1. The quantitative estimate of drug-likeness (QED) is 0.249. The van der Waals surface area contributed by atoms with Crippen molar-refractivity contribution in [2.75, 3.05) is 20.0 Å². The molecule has 0 spiro atoms. The molecule has 0 saturated carbocycles. The third-order valence-corrected chi connectivity index (χ3v) is 6.30. The number of hydrogen-bond donors (Lipinski definition) is 0. The number of aromatic nitrogens is 2. The van der Waals surface area contributed by atoms with Crippen LogP contribution >= 0.6 is 11.8 Å². The minimum atomic E-state index is 0.0213. The van der Waals surface area contributed by atoms with Gasteiger partial charge in [-0.15, -0.1) is 10.2 Å². The smallest absolute Gasteiger partial charge is 0.277 e. The van der Waals surface area contributed by atoms with Crippen LogP contribution in [0.25, 0.3) is 22.6 Å². The highest BCUT2D eigenvalue weighted by Crippen LogP contribution is 2.37. The molecule has 3 aromatic carbocycles. The van der Waals surface area contributed by atoms with Crippen molar-refractivity contribution in [3.8, 4) is 34.1 Å². The molecule has 0 aliphatic heterocycles. The number of fused-ring (bicyclic) bond motifs is 3. The monoisotopic (exact) mass is 444 g/mol. The molecule has 0 saturated heterocycles. The minimum absolute atomic E-state index is 0.0213. The summed E-state index contributed by atoms with van der Waals surface area (Å²) in [6.07, 6.45) is 0.912. The van der Waals surface area contributed by atoms with Gasteiger partial charge in [-0.1, -0.05) is 48.2 Å². The van der Waals surface area contributed by atoms with E-state index in [1.165, 1.54) is 28.5 Å². The molecule has 7 heteroatoms. The highest BCUT2D eigenvalue weighted by molar-refractivity contribution is 7.99. The van der Waals surface area contributed by atoms with Crippen molar-refractivity contribution in [3.63, 3.8) is 0 Å². The number of Topliss-reactive ketones (excluding diaryl/α,β-unsaturated/α-hetero) is 1. The molecule has 1 heterocycles. The molecule has 1 aromatic heterocycles. The Bertz CT molecular complexity index is 1320. The second-order valence-corrected chi connectivity index (χ2v) is 8.29. The van der Waals surface area contributed by atoms with Gasteiger partial charge in [0.25, 0.3) is 5.22 Å². The molecule has 32 heavy (non-hydrogen) atoms. The first-order valence-corrected chi connectivity index (χ1v) is 11.1. The molecule has 5 rings (SSSR count). The van der Waals surface area contributed by atoms with Crippen LogP contribution in [0.4, 0.5) is 0 Å². The Kier molecular flexibility index (Phi) is 5.41. The minimum Gasteiger partial charge on any atom is -0.493 e. The first kappa shape index (κ1) is 20.3. The summed E-state index contributed by atoms with van der Waals surface area (Å²) in [5.41, 5.74) is 6.31. The fourth-order valence-corrected chi connectivity index (χ4v) is 4.52. The zero-order chi connectivity index (χ0) is 22.1. The van der Waals surface area contributed by atoms with Crippen LogP contribution in [0.3, 0.4) is 0 Å². The van der Waals surface area contributed by atoms with Gasteiger partial charge in [-0.05, 0) is 52.9 Å². The molecule has 0 amide bonds. The lowest BCUT2D eigenvalue weighted by Crippen LogP contribution is -2.02. The van der Waals surface area contributed by atoms with Crippen LogP contribution in [0, 0.1) is 0 Å². The maximum atomic E-state index is 12.8. The molecule has 1 aliphatic carbocycles. The van der Waals surface area contributed by atoms with E-state index < -0.39 is 0 Å². The molecule has 0 N–H and O–H groups in total. The molecule has 0 atom stereocenters. The third kappa shape index (κ3) is 3.76. The van der Waals surface area contributed by atoms with E-state index in [2.05, 4.69) is 28.4 Å². The second-order valence-electron chi connectivity index (χ2n) is 7.36. The summed E-state index contributed by atoms with van der Waals surface area (Å²) in [6, 6.07) is 19.6. The topological polar surface area (TPSA) is 74.5 Å². The highest BCUT2D eigenvalue weighted by Gasteiger charge is 2.20. The number of carbonyl (C=O) groups excluding carboxylic acids is 1. The summed E-state index contributed by atoms with van der Waals surface area (Å²) in [5.74, 6) is 1.79. The molecular weight excluding hydrogens is 424 g/mol. The molecule has 0 fully saturated rings. The lowest BCUT2D eigenvalue weighted by molar-refractivity contribution is 0.102. The molecule has 4 aromatic rings. The predicted molar refractivity (Wildman–Crippen MR) is 123 cm³/mol. The van der Waals surface area contributed by atoms with Gasteiger partial charge < -0.3 is 13.9 Å². The van der Waals surface area contributed by atoms with Gasteiger partial charge in [0.1, 0.15) is 0 Å². The Labute approximate surface area is 189 Å². The number of hydrogen-bond acceptors (Lipinski definition) is 7. The van der Waals surface area contributed by atoms with E-state index in [0.29, 0.717) is 33.7 Å². The maximum absolute atomic E-state index is 12.8. The van der Waals surface area contributed by atoms with Crippen molar-refractivity contribution in [3.05, 3.63) is 77.4 Å². The van der Waals surface area contributed by atoms with Crippen molar-refractivity contribution in [2.24, 2.45) is 0 Å². The van der Waals surface area contributed by atoms with Gasteiger partial charge in [0.2, 0.25) is 5.89 Å². The van der Waals surface area contributed by atoms with Crippen LogP contribution in [-0.2, 0) is 6.42 Å². The fraction of sp³-hybridized carbons (Fsp3) is 0.160. The molecule has 0 radical (unpaired) electrons. The standard InChI is InChI=1S/C25H20N2O4S/c1-29-22-10-9-18(13-23(22)30-2)24-26-27-25(31-24)32-14-21(28)17-8-7-16-11-15-5-3-4-6-19(15)20(16)12-17/h3-10,12-13H,11,14H2,1-2H3. The summed E-state index contributed by atoms with van der Waals surface area (Å²) in [6.45, 7) is 0. The molecule has 6 nitrogen and oxygen atoms in total. The first-order chi connectivity index (χ1) is 15.7. The Morgan fingerprint density at radius 2 is 1.75 bits per heavy atom. The van der Waals surface area contributed by atoms with Gasteiger partial charge in [-0.3, -0.25) is 4.79 Å². The number of nitrogens with zero attached hydrogens (tertiary/aromatic N) is 2. The number of benzene rings is 3. The zero-order valence-electron chi connectivity index (χ0n) is 17.6. The number of ether oxygens (including phenoxy) is 2. The van der Waals surface area contributed by atoms with E-state index in [1.54, 1.807) is 26.4 Å². The van der Waals surface area contributed by atoms with Crippen molar-refractivity contribution >= 4 is 17.5 Å². The predicted octanol–water partition coefficient (Wildman–Crippen LogP) is 5.30. The summed E-state index contributed by atoms with van der Waals surface area (Å²) < 4.78 is 16.3. The van der Waals surface area contributed by atoms with Gasteiger partial charge in [0, 0.05) is 11.1 Å². The number of methoxy groups -OCH3 is 2. The Hall–Kier alpha value is -3.58. The molecular formula is C25H20N2O4S. The Morgan fingerprint density at radius 3 is 2.59 bits per heavy atom. The second kappa shape index (κ2) is 8.51. The van der Waals surface area contributed by atoms with E-state index in [-0.39, 0.29) is 11.5 Å². The van der Waals surface area contributed by atoms with Crippen molar-refractivity contribution in [2.45, 2.75) is 11.6 Å². The Morgan fingerprint density at radius 1 is 0.938 bits per heavy atom. The van der Waals surface area contributed by atoms with Gasteiger partial charge >= 0.3 is 0 Å². The van der Waals surface area contributed by atoms with Crippen molar-refractivity contribution in [1.29, 1.82) is 0 Å². The van der Waals surface area contributed by atoms with Gasteiger partial charge in [-0.2, -0.15) is 0 Å². The van der Waals surface area contributed by atoms with E-state index in [4.69, 9.17) is 13.9 Å². The van der Waals surface area contributed by atoms with E-state index in [9.17, 15) is 4.79 Å². The van der Waals surface area contributed by atoms with Crippen LogP contribution in [-0.4, -0.2) is 36.0 Å². The van der Waals surface area contributed by atoms with Crippen LogP contribution < -0.4 is 9.47 Å². The van der Waals surface area contributed by atoms with Crippen LogP contribution in [0.1, 0.15) is 21.5 Å². The fourth-order valence-electron chi connectivity index (χ4n) is 3.86. The summed E-state index contributed by atoms with van der Waals surface area (Å²) in [4.78, 5) is 12.8. The summed E-state index contributed by atoms with van der Waals surface area (Å²) >= 11 is 1.23. The average molecular weight is 445 g/mol.